The van der Waals surface area contributed by atoms with Crippen molar-refractivity contribution < 1.29 is 0 Å². The predicted octanol–water partition coefficient (Wildman–Crippen LogP) is 14.9. The minimum Gasteiger partial charge on any atom is -0.335 e. The highest BCUT2D eigenvalue weighted by Crippen LogP contribution is 2.52. The third-order valence-electron chi connectivity index (χ3n) is 12.9. The Morgan fingerprint density at radius 1 is 0.500 bits per heavy atom. The molecule has 0 heterocycles. The zero-order valence-corrected chi connectivity index (χ0v) is 34.0. The van der Waals surface area contributed by atoms with Crippen molar-refractivity contribution in [2.75, 3.05) is 9.80 Å². The second-order valence-corrected chi connectivity index (χ2v) is 17.3. The SMILES string of the molecule is CC1(C)c2cc(/C=C/c3ccc4c(c3)C(C)(C)c3cc(N(C5=CCCC=C5)C5C=CC=CC5)ccc3-4)ccc2-c2ccc(N(c3ccccc3)c3ccccc3)cc21. The number of nitrogens with zero attached hydrogens (tertiary/aromatic N) is 2. The highest BCUT2D eigenvalue weighted by atomic mass is 15.2. The van der Waals surface area contributed by atoms with Gasteiger partial charge in [-0.1, -0.05) is 161 Å². The zero-order chi connectivity index (χ0) is 39.4. The monoisotopic (exact) mass is 750 g/mol. The van der Waals surface area contributed by atoms with Crippen molar-refractivity contribution in [3.63, 3.8) is 0 Å². The minimum atomic E-state index is -0.144. The molecule has 2 nitrogen and oxygen atoms in total. The Morgan fingerprint density at radius 2 is 1.02 bits per heavy atom. The fraction of sp³-hybridized carbons (Fsp3) is 0.179. The molecule has 4 aliphatic rings. The molecular formula is C56H50N2. The van der Waals surface area contributed by atoms with Crippen LogP contribution in [0.25, 0.3) is 34.4 Å². The van der Waals surface area contributed by atoms with E-state index in [0.717, 1.165) is 30.6 Å². The number of allylic oxidation sites excluding steroid dienone is 5. The van der Waals surface area contributed by atoms with Gasteiger partial charge >= 0.3 is 0 Å². The lowest BCUT2D eigenvalue weighted by Gasteiger charge is -2.35. The van der Waals surface area contributed by atoms with Crippen molar-refractivity contribution in [3.8, 4) is 22.3 Å². The molecule has 1 unspecified atom stereocenters. The molecule has 0 spiro atoms. The Kier molecular flexibility index (Phi) is 8.82. The minimum absolute atomic E-state index is 0.117. The third-order valence-corrected chi connectivity index (χ3v) is 12.9. The van der Waals surface area contributed by atoms with Crippen LogP contribution in [0, 0.1) is 0 Å². The number of fused-ring (bicyclic) bond motifs is 6. The molecule has 10 rings (SSSR count). The van der Waals surface area contributed by atoms with E-state index < -0.39 is 0 Å². The lowest BCUT2D eigenvalue weighted by Crippen LogP contribution is -2.33. The zero-order valence-electron chi connectivity index (χ0n) is 34.0. The maximum absolute atomic E-state index is 2.54. The molecule has 0 saturated carbocycles. The molecule has 2 heteroatoms. The van der Waals surface area contributed by atoms with Crippen LogP contribution in [0.4, 0.5) is 22.7 Å². The Morgan fingerprint density at radius 3 is 1.53 bits per heavy atom. The quantitative estimate of drug-likeness (QED) is 0.143. The summed E-state index contributed by atoms with van der Waals surface area (Å²) in [6.45, 7) is 9.54. The van der Waals surface area contributed by atoms with Crippen molar-refractivity contribution in [1.82, 2.24) is 0 Å². The number of rotatable bonds is 8. The fourth-order valence-corrected chi connectivity index (χ4v) is 9.85. The van der Waals surface area contributed by atoms with E-state index in [9.17, 15) is 0 Å². The van der Waals surface area contributed by atoms with Gasteiger partial charge < -0.3 is 9.80 Å². The van der Waals surface area contributed by atoms with Crippen LogP contribution in [-0.2, 0) is 10.8 Å². The molecule has 0 N–H and O–H groups in total. The molecule has 6 aromatic rings. The highest BCUT2D eigenvalue weighted by molar-refractivity contribution is 5.88. The van der Waals surface area contributed by atoms with Crippen molar-refractivity contribution in [3.05, 3.63) is 215 Å². The maximum Gasteiger partial charge on any atom is 0.0559 e. The number of hydrogen-bond acceptors (Lipinski definition) is 2. The molecule has 0 aliphatic heterocycles. The Labute approximate surface area is 344 Å². The molecule has 58 heavy (non-hydrogen) atoms. The van der Waals surface area contributed by atoms with Crippen LogP contribution >= 0.6 is 0 Å². The van der Waals surface area contributed by atoms with Crippen molar-refractivity contribution >= 4 is 34.9 Å². The van der Waals surface area contributed by atoms with Gasteiger partial charge in [0.05, 0.1) is 6.04 Å². The molecule has 4 aliphatic carbocycles. The normalized spacial score (nSPS) is 17.7. The fourth-order valence-electron chi connectivity index (χ4n) is 9.85. The average Bonchev–Trinajstić information content (AvgIpc) is 3.63. The van der Waals surface area contributed by atoms with Gasteiger partial charge in [0.1, 0.15) is 0 Å². The van der Waals surface area contributed by atoms with Crippen LogP contribution < -0.4 is 9.80 Å². The summed E-state index contributed by atoms with van der Waals surface area (Å²) in [5.41, 5.74) is 19.1. The molecule has 0 radical (unpaired) electrons. The van der Waals surface area contributed by atoms with Gasteiger partial charge in [-0.3, -0.25) is 0 Å². The third kappa shape index (κ3) is 6.10. The predicted molar refractivity (Wildman–Crippen MR) is 247 cm³/mol. The summed E-state index contributed by atoms with van der Waals surface area (Å²) in [4.78, 5) is 4.90. The summed E-state index contributed by atoms with van der Waals surface area (Å²) in [6.07, 6.45) is 23.8. The van der Waals surface area contributed by atoms with Crippen molar-refractivity contribution in [1.29, 1.82) is 0 Å². The van der Waals surface area contributed by atoms with E-state index in [-0.39, 0.29) is 10.8 Å². The summed E-state index contributed by atoms with van der Waals surface area (Å²) in [6, 6.07) is 49.9. The van der Waals surface area contributed by atoms with E-state index in [1.54, 1.807) is 0 Å². The van der Waals surface area contributed by atoms with Crippen LogP contribution in [-0.4, -0.2) is 6.04 Å². The smallest absolute Gasteiger partial charge is 0.0559 e. The molecular weight excluding hydrogens is 701 g/mol. The molecule has 0 amide bonds. The molecule has 1 atom stereocenters. The van der Waals surface area contributed by atoms with Crippen LogP contribution in [0.1, 0.15) is 80.3 Å². The molecule has 0 saturated heterocycles. The number of hydrogen-bond donors (Lipinski definition) is 0. The molecule has 0 aromatic heterocycles. The molecule has 284 valence electrons. The van der Waals surface area contributed by atoms with Crippen molar-refractivity contribution in [2.45, 2.75) is 63.8 Å². The van der Waals surface area contributed by atoms with Gasteiger partial charge in [0, 0.05) is 39.3 Å². The highest BCUT2D eigenvalue weighted by Gasteiger charge is 2.38. The van der Waals surface area contributed by atoms with Gasteiger partial charge in [0.15, 0.2) is 0 Å². The van der Waals surface area contributed by atoms with Crippen LogP contribution in [0.5, 0.6) is 0 Å². The topological polar surface area (TPSA) is 6.48 Å². The molecule has 6 aromatic carbocycles. The number of benzene rings is 6. The van der Waals surface area contributed by atoms with E-state index >= 15 is 0 Å². The molecule has 0 fully saturated rings. The Hall–Kier alpha value is -6.38. The summed E-state index contributed by atoms with van der Waals surface area (Å²) in [7, 11) is 0. The van der Waals surface area contributed by atoms with Crippen molar-refractivity contribution in [2.24, 2.45) is 0 Å². The Balaban J connectivity index is 0.933. The molecule has 0 bridgehead atoms. The van der Waals surface area contributed by atoms with E-state index in [2.05, 4.69) is 226 Å². The number of para-hydroxylation sites is 2. The van der Waals surface area contributed by atoms with E-state index in [4.69, 9.17) is 0 Å². The first-order chi connectivity index (χ1) is 28.3. The first-order valence-electron chi connectivity index (χ1n) is 20.9. The van der Waals surface area contributed by atoms with Crippen LogP contribution in [0.2, 0.25) is 0 Å². The average molecular weight is 751 g/mol. The first-order valence-corrected chi connectivity index (χ1v) is 20.9. The number of anilines is 4. The lowest BCUT2D eigenvalue weighted by atomic mass is 9.81. The van der Waals surface area contributed by atoms with Gasteiger partial charge in [-0.2, -0.15) is 0 Å². The van der Waals surface area contributed by atoms with E-state index in [1.165, 1.54) is 72.7 Å². The summed E-state index contributed by atoms with van der Waals surface area (Å²) in [5, 5.41) is 0. The van der Waals surface area contributed by atoms with Gasteiger partial charge in [-0.25, -0.2) is 0 Å². The second-order valence-electron chi connectivity index (χ2n) is 17.3. The first kappa shape index (κ1) is 36.0. The van der Waals surface area contributed by atoms with E-state index in [1.807, 2.05) is 0 Å². The second kappa shape index (κ2) is 14.2. The van der Waals surface area contributed by atoms with Gasteiger partial charge in [0.25, 0.3) is 0 Å². The van der Waals surface area contributed by atoms with Gasteiger partial charge in [-0.05, 0) is 130 Å². The summed E-state index contributed by atoms with van der Waals surface area (Å²) in [5.74, 6) is 0. The summed E-state index contributed by atoms with van der Waals surface area (Å²) >= 11 is 0. The van der Waals surface area contributed by atoms with Crippen LogP contribution in [0.15, 0.2) is 182 Å². The lowest BCUT2D eigenvalue weighted by molar-refractivity contribution is 0.659. The Bertz CT molecular complexity index is 2660. The van der Waals surface area contributed by atoms with E-state index in [0.29, 0.717) is 6.04 Å². The van der Waals surface area contributed by atoms with Gasteiger partial charge in [-0.15, -0.1) is 0 Å². The maximum atomic E-state index is 2.54. The summed E-state index contributed by atoms with van der Waals surface area (Å²) < 4.78 is 0. The van der Waals surface area contributed by atoms with Crippen LogP contribution in [0.3, 0.4) is 0 Å². The standard InChI is InChI=1S/C56H50N2/c1-55(2)51-35-39(27-31-47(51)49-33-29-45(37-53(49)55)57(41-17-9-5-10-18-41)42-19-11-6-12-20-42)25-26-40-28-32-48-50-34-30-46(38-54(50)56(3,4)52(48)36-40)58(43-21-13-7-14-22-43)44-23-15-8-16-24-44/h5-7,9-15,17-21,23-38,43H,8,16,22H2,1-4H3/b26-25+. The largest absolute Gasteiger partial charge is 0.335 e. The van der Waals surface area contributed by atoms with Gasteiger partial charge in [0.2, 0.25) is 0 Å².